The van der Waals surface area contributed by atoms with Gasteiger partial charge in [0, 0.05) is 22.3 Å². The fourth-order valence-electron chi connectivity index (χ4n) is 1.72. The number of nitrogens with zero attached hydrogens (tertiary/aromatic N) is 3. The Morgan fingerprint density at radius 3 is 2.53 bits per heavy atom. The molecule has 2 aromatic rings. The Hall–Kier alpha value is -1.00. The zero-order valence-corrected chi connectivity index (χ0v) is 11.7. The Balaban J connectivity index is 2.28. The zero-order valence-electron chi connectivity index (χ0n) is 10.1. The van der Waals surface area contributed by atoms with Crippen molar-refractivity contribution in [2.24, 2.45) is 0 Å². The van der Waals surface area contributed by atoms with Crippen molar-refractivity contribution in [2.75, 3.05) is 0 Å². The van der Waals surface area contributed by atoms with Crippen LogP contribution in [-0.4, -0.2) is 15.0 Å². The molecule has 0 atom stereocenters. The predicted octanol–water partition coefficient (Wildman–Crippen LogP) is 3.36. The maximum Gasteiger partial charge on any atom is 0.137 e. The van der Waals surface area contributed by atoms with Gasteiger partial charge in [0.25, 0.3) is 0 Å². The molecule has 5 heteroatoms. The maximum absolute atomic E-state index is 6.14. The molecule has 0 aliphatic carbocycles. The molecule has 0 saturated carbocycles. The van der Waals surface area contributed by atoms with E-state index in [0.29, 0.717) is 11.6 Å². The van der Waals surface area contributed by atoms with Crippen LogP contribution in [0.5, 0.6) is 0 Å². The third-order valence-electron chi connectivity index (χ3n) is 2.54. The largest absolute Gasteiger partial charge is 0.246 e. The van der Waals surface area contributed by atoms with Gasteiger partial charge in [0.2, 0.25) is 0 Å². The molecule has 0 saturated heterocycles. The number of hydrogen-bond donors (Lipinski definition) is 0. The lowest BCUT2D eigenvalue weighted by Gasteiger charge is -2.06. The lowest BCUT2D eigenvalue weighted by molar-refractivity contribution is 0.897. The van der Waals surface area contributed by atoms with Gasteiger partial charge in [-0.25, -0.2) is 15.0 Å². The van der Waals surface area contributed by atoms with Crippen LogP contribution < -0.4 is 0 Å². The number of aromatic nitrogens is 3. The Morgan fingerprint density at radius 1 is 1.24 bits per heavy atom. The highest BCUT2D eigenvalue weighted by molar-refractivity contribution is 7.09. The first-order valence-corrected chi connectivity index (χ1v) is 6.78. The molecule has 0 spiro atoms. The fraction of sp³-hybridized carbons (Fsp3) is 0.417. The number of halogens is 1. The van der Waals surface area contributed by atoms with Gasteiger partial charge in [-0.3, -0.25) is 0 Å². The van der Waals surface area contributed by atoms with Crippen molar-refractivity contribution in [3.05, 3.63) is 38.3 Å². The van der Waals surface area contributed by atoms with Crippen molar-refractivity contribution in [3.63, 3.8) is 0 Å². The molecule has 90 valence electrons. The number of thiazole rings is 1. The minimum absolute atomic E-state index is 0.572. The van der Waals surface area contributed by atoms with Gasteiger partial charge >= 0.3 is 0 Å². The molecule has 0 radical (unpaired) electrons. The van der Waals surface area contributed by atoms with Gasteiger partial charge in [-0.15, -0.1) is 11.3 Å². The van der Waals surface area contributed by atoms with Crippen LogP contribution in [0, 0.1) is 13.8 Å². The lowest BCUT2D eigenvalue weighted by Crippen LogP contribution is -2.03. The molecular weight excluding hydrogens is 254 g/mol. The van der Waals surface area contributed by atoms with Gasteiger partial charge in [0.15, 0.2) is 0 Å². The van der Waals surface area contributed by atoms with E-state index in [4.69, 9.17) is 11.6 Å². The molecule has 2 heterocycles. The maximum atomic E-state index is 6.14. The first-order valence-electron chi connectivity index (χ1n) is 5.53. The molecule has 0 amide bonds. The Morgan fingerprint density at radius 2 is 2.00 bits per heavy atom. The zero-order chi connectivity index (χ0) is 12.4. The molecule has 0 unspecified atom stereocenters. The first kappa shape index (κ1) is 12.5. The van der Waals surface area contributed by atoms with Crippen LogP contribution in [0.25, 0.3) is 0 Å². The summed E-state index contributed by atoms with van der Waals surface area (Å²) < 4.78 is 0. The van der Waals surface area contributed by atoms with E-state index >= 15 is 0 Å². The average Bonchev–Trinajstić information content (AvgIpc) is 2.63. The summed E-state index contributed by atoms with van der Waals surface area (Å²) in [4.78, 5) is 13.2. The molecule has 0 bridgehead atoms. The van der Waals surface area contributed by atoms with Gasteiger partial charge in [0.05, 0.1) is 6.42 Å². The quantitative estimate of drug-likeness (QED) is 0.801. The Labute approximate surface area is 110 Å². The van der Waals surface area contributed by atoms with E-state index in [2.05, 4.69) is 21.9 Å². The van der Waals surface area contributed by atoms with Gasteiger partial charge in [-0.05, 0) is 20.3 Å². The van der Waals surface area contributed by atoms with Crippen molar-refractivity contribution in [1.82, 2.24) is 15.0 Å². The van der Waals surface area contributed by atoms with Crippen LogP contribution >= 0.6 is 22.9 Å². The van der Waals surface area contributed by atoms with E-state index in [-0.39, 0.29) is 0 Å². The highest BCUT2D eigenvalue weighted by atomic mass is 35.5. The van der Waals surface area contributed by atoms with E-state index in [1.54, 1.807) is 11.3 Å². The Kier molecular flexibility index (Phi) is 3.74. The van der Waals surface area contributed by atoms with Gasteiger partial charge in [0.1, 0.15) is 16.0 Å². The summed E-state index contributed by atoms with van der Waals surface area (Å²) >= 11 is 7.77. The second-order valence-corrected chi connectivity index (χ2v) is 5.21. The smallest absolute Gasteiger partial charge is 0.137 e. The Bertz CT molecular complexity index is 513. The van der Waals surface area contributed by atoms with Crippen molar-refractivity contribution in [3.8, 4) is 0 Å². The SMILES string of the molecule is CCc1c(C)nc(Cc2nc(C)cs2)nc1Cl. The third kappa shape index (κ3) is 2.82. The number of hydrogen-bond acceptors (Lipinski definition) is 4. The van der Waals surface area contributed by atoms with Crippen molar-refractivity contribution >= 4 is 22.9 Å². The molecule has 2 rings (SSSR count). The summed E-state index contributed by atoms with van der Waals surface area (Å²) in [6.45, 7) is 6.02. The minimum atomic E-state index is 0.572. The van der Waals surface area contributed by atoms with Crippen LogP contribution in [0.4, 0.5) is 0 Å². The molecule has 2 aromatic heterocycles. The molecular formula is C12H14ClN3S. The molecule has 17 heavy (non-hydrogen) atoms. The normalized spacial score (nSPS) is 10.8. The van der Waals surface area contributed by atoms with Crippen LogP contribution in [0.15, 0.2) is 5.38 Å². The van der Waals surface area contributed by atoms with E-state index in [1.165, 1.54) is 0 Å². The lowest BCUT2D eigenvalue weighted by atomic mass is 10.2. The first-order chi connectivity index (χ1) is 8.10. The minimum Gasteiger partial charge on any atom is -0.246 e. The predicted molar refractivity (Wildman–Crippen MR) is 70.8 cm³/mol. The van der Waals surface area contributed by atoms with Crippen LogP contribution in [0.3, 0.4) is 0 Å². The monoisotopic (exact) mass is 267 g/mol. The third-order valence-corrected chi connectivity index (χ3v) is 3.82. The van der Waals surface area contributed by atoms with Crippen molar-refractivity contribution < 1.29 is 0 Å². The second-order valence-electron chi connectivity index (χ2n) is 3.91. The fourth-order valence-corrected chi connectivity index (χ4v) is 2.85. The summed E-state index contributed by atoms with van der Waals surface area (Å²) in [5.41, 5.74) is 3.04. The van der Waals surface area contributed by atoms with E-state index in [0.717, 1.165) is 34.2 Å². The van der Waals surface area contributed by atoms with E-state index < -0.39 is 0 Å². The second kappa shape index (κ2) is 5.10. The van der Waals surface area contributed by atoms with Crippen LogP contribution in [0.2, 0.25) is 5.15 Å². The topological polar surface area (TPSA) is 38.7 Å². The summed E-state index contributed by atoms with van der Waals surface area (Å²) in [6, 6.07) is 0. The average molecular weight is 268 g/mol. The molecule has 0 N–H and O–H groups in total. The molecule has 0 aliphatic heterocycles. The van der Waals surface area contributed by atoms with Crippen LogP contribution in [-0.2, 0) is 12.8 Å². The summed E-state index contributed by atoms with van der Waals surface area (Å²) in [6.07, 6.45) is 1.52. The van der Waals surface area contributed by atoms with E-state index in [9.17, 15) is 0 Å². The molecule has 3 nitrogen and oxygen atoms in total. The summed E-state index contributed by atoms with van der Waals surface area (Å²) in [5, 5.41) is 3.63. The standard InChI is InChI=1S/C12H14ClN3S/c1-4-9-8(3)15-10(16-12(9)13)5-11-14-7(2)6-17-11/h6H,4-5H2,1-3H3. The molecule has 0 aromatic carbocycles. The van der Waals surface area contributed by atoms with Crippen LogP contribution in [0.1, 0.15) is 34.7 Å². The highest BCUT2D eigenvalue weighted by Crippen LogP contribution is 2.19. The molecule has 0 fully saturated rings. The van der Waals surface area contributed by atoms with Gasteiger partial charge in [-0.2, -0.15) is 0 Å². The summed E-state index contributed by atoms with van der Waals surface area (Å²) in [5.74, 6) is 0.749. The van der Waals surface area contributed by atoms with Crippen molar-refractivity contribution in [2.45, 2.75) is 33.6 Å². The van der Waals surface area contributed by atoms with Gasteiger partial charge in [-0.1, -0.05) is 18.5 Å². The summed E-state index contributed by atoms with van der Waals surface area (Å²) in [7, 11) is 0. The number of aryl methyl sites for hydroxylation is 2. The molecule has 0 aliphatic rings. The van der Waals surface area contributed by atoms with E-state index in [1.807, 2.05) is 19.2 Å². The number of rotatable bonds is 3. The highest BCUT2D eigenvalue weighted by Gasteiger charge is 2.10. The van der Waals surface area contributed by atoms with Gasteiger partial charge < -0.3 is 0 Å². The van der Waals surface area contributed by atoms with Crippen molar-refractivity contribution in [1.29, 1.82) is 0 Å².